The zero-order valence-corrected chi connectivity index (χ0v) is 15.4. The molecule has 0 radical (unpaired) electrons. The molecule has 1 aromatic rings. The summed E-state index contributed by atoms with van der Waals surface area (Å²) in [7, 11) is 0. The number of amides is 2. The van der Waals surface area contributed by atoms with Crippen LogP contribution in [0.3, 0.4) is 0 Å². The Labute approximate surface area is 156 Å². The van der Waals surface area contributed by atoms with E-state index in [0.29, 0.717) is 13.2 Å². The number of nitro groups is 1. The van der Waals surface area contributed by atoms with Crippen LogP contribution in [0.2, 0.25) is 5.02 Å². The van der Waals surface area contributed by atoms with Crippen molar-refractivity contribution in [3.8, 4) is 0 Å². The number of nitro benzene ring substituents is 1. The first-order valence-electron chi connectivity index (χ1n) is 8.43. The maximum absolute atomic E-state index is 12.5. The SMILES string of the molecule is CC(C)C(NC(=O)c1ccc([N+](=O)[O-])cc1Cl)C(=O)NCC1CCCO1. The van der Waals surface area contributed by atoms with Gasteiger partial charge in [0.2, 0.25) is 5.91 Å². The summed E-state index contributed by atoms with van der Waals surface area (Å²) in [5, 5.41) is 16.2. The van der Waals surface area contributed by atoms with E-state index in [1.165, 1.54) is 12.1 Å². The molecular formula is C17H22ClN3O5. The first kappa shape index (κ1) is 20.1. The second-order valence-electron chi connectivity index (χ2n) is 6.50. The van der Waals surface area contributed by atoms with Gasteiger partial charge in [0, 0.05) is 25.3 Å². The monoisotopic (exact) mass is 383 g/mol. The molecule has 0 spiro atoms. The van der Waals surface area contributed by atoms with Crippen molar-refractivity contribution < 1.29 is 19.2 Å². The maximum Gasteiger partial charge on any atom is 0.270 e. The van der Waals surface area contributed by atoms with Gasteiger partial charge < -0.3 is 15.4 Å². The van der Waals surface area contributed by atoms with Gasteiger partial charge in [0.1, 0.15) is 6.04 Å². The third-order valence-electron chi connectivity index (χ3n) is 4.17. The summed E-state index contributed by atoms with van der Waals surface area (Å²) in [6.45, 7) is 4.72. The van der Waals surface area contributed by atoms with E-state index >= 15 is 0 Å². The molecule has 2 amide bonds. The highest BCUT2D eigenvalue weighted by molar-refractivity contribution is 6.34. The highest BCUT2D eigenvalue weighted by Crippen LogP contribution is 2.22. The summed E-state index contributed by atoms with van der Waals surface area (Å²) in [6.07, 6.45) is 1.88. The summed E-state index contributed by atoms with van der Waals surface area (Å²) in [5.41, 5.74) is -0.129. The van der Waals surface area contributed by atoms with Crippen molar-refractivity contribution in [2.75, 3.05) is 13.2 Å². The summed E-state index contributed by atoms with van der Waals surface area (Å²) >= 11 is 5.98. The number of rotatable bonds is 7. The van der Waals surface area contributed by atoms with Gasteiger partial charge in [-0.2, -0.15) is 0 Å². The van der Waals surface area contributed by atoms with Gasteiger partial charge in [-0.3, -0.25) is 19.7 Å². The summed E-state index contributed by atoms with van der Waals surface area (Å²) in [5.74, 6) is -1.02. The van der Waals surface area contributed by atoms with Crippen LogP contribution < -0.4 is 10.6 Å². The molecule has 142 valence electrons. The Hall–Kier alpha value is -2.19. The van der Waals surface area contributed by atoms with Gasteiger partial charge in [-0.15, -0.1) is 0 Å². The van der Waals surface area contributed by atoms with Gasteiger partial charge in [-0.1, -0.05) is 25.4 Å². The fourth-order valence-electron chi connectivity index (χ4n) is 2.69. The minimum Gasteiger partial charge on any atom is -0.376 e. The number of ether oxygens (including phenoxy) is 1. The molecule has 2 rings (SSSR count). The van der Waals surface area contributed by atoms with Gasteiger partial charge in [0.05, 0.1) is 21.6 Å². The lowest BCUT2D eigenvalue weighted by Crippen LogP contribution is -2.51. The fraction of sp³-hybridized carbons (Fsp3) is 0.529. The molecule has 0 aliphatic carbocycles. The van der Waals surface area contributed by atoms with Crippen molar-refractivity contribution in [1.82, 2.24) is 10.6 Å². The van der Waals surface area contributed by atoms with Crippen LogP contribution in [0.15, 0.2) is 18.2 Å². The third kappa shape index (κ3) is 5.15. The Bertz CT molecular complexity index is 689. The molecule has 0 bridgehead atoms. The molecule has 2 atom stereocenters. The molecule has 2 unspecified atom stereocenters. The molecule has 1 fully saturated rings. The van der Waals surface area contributed by atoms with Crippen LogP contribution in [0.5, 0.6) is 0 Å². The molecule has 9 heteroatoms. The number of halogens is 1. The van der Waals surface area contributed by atoms with Crippen LogP contribution >= 0.6 is 11.6 Å². The lowest BCUT2D eigenvalue weighted by atomic mass is 10.0. The molecule has 1 aliphatic rings. The van der Waals surface area contributed by atoms with Crippen molar-refractivity contribution >= 4 is 29.1 Å². The predicted octanol–water partition coefficient (Wildman–Crippen LogP) is 2.30. The molecule has 8 nitrogen and oxygen atoms in total. The Morgan fingerprint density at radius 3 is 2.69 bits per heavy atom. The number of non-ortho nitro benzene ring substituents is 1. The van der Waals surface area contributed by atoms with Gasteiger partial charge in [0.25, 0.3) is 11.6 Å². The van der Waals surface area contributed by atoms with Crippen molar-refractivity contribution in [2.24, 2.45) is 5.92 Å². The Morgan fingerprint density at radius 2 is 2.15 bits per heavy atom. The zero-order valence-electron chi connectivity index (χ0n) is 14.7. The van der Waals surface area contributed by atoms with Crippen LogP contribution in [0.25, 0.3) is 0 Å². The Kier molecular flexibility index (Phi) is 6.93. The largest absolute Gasteiger partial charge is 0.376 e. The number of hydrogen-bond donors (Lipinski definition) is 2. The van der Waals surface area contributed by atoms with Crippen LogP contribution in [-0.4, -0.2) is 42.0 Å². The van der Waals surface area contributed by atoms with Crippen LogP contribution in [0.1, 0.15) is 37.0 Å². The highest BCUT2D eigenvalue weighted by Gasteiger charge is 2.27. The lowest BCUT2D eigenvalue weighted by Gasteiger charge is -2.23. The minimum atomic E-state index is -0.754. The Balaban J connectivity index is 2.02. The number of carbonyl (C=O) groups excluding carboxylic acids is 2. The molecule has 1 aliphatic heterocycles. The lowest BCUT2D eigenvalue weighted by molar-refractivity contribution is -0.384. The first-order chi connectivity index (χ1) is 12.3. The molecule has 1 aromatic carbocycles. The smallest absolute Gasteiger partial charge is 0.270 e. The number of hydrogen-bond acceptors (Lipinski definition) is 5. The van der Waals surface area contributed by atoms with Crippen LogP contribution in [0, 0.1) is 16.0 Å². The average molecular weight is 384 g/mol. The van der Waals surface area contributed by atoms with Gasteiger partial charge in [-0.25, -0.2) is 0 Å². The van der Waals surface area contributed by atoms with E-state index in [0.717, 1.165) is 18.9 Å². The van der Waals surface area contributed by atoms with E-state index in [4.69, 9.17) is 16.3 Å². The van der Waals surface area contributed by atoms with Crippen molar-refractivity contribution in [3.63, 3.8) is 0 Å². The maximum atomic E-state index is 12.5. The molecule has 2 N–H and O–H groups in total. The number of benzene rings is 1. The van der Waals surface area contributed by atoms with Crippen molar-refractivity contribution in [3.05, 3.63) is 38.9 Å². The normalized spacial score (nSPS) is 17.8. The standard InChI is InChI=1S/C17H22ClN3O5/c1-10(2)15(17(23)19-9-12-4-3-7-26-12)20-16(22)13-6-5-11(21(24)25)8-14(13)18/h5-6,8,10,12,15H,3-4,7,9H2,1-2H3,(H,19,23)(H,20,22). The van der Waals surface area contributed by atoms with E-state index in [2.05, 4.69) is 10.6 Å². The molecule has 0 saturated carbocycles. The zero-order chi connectivity index (χ0) is 19.3. The fourth-order valence-corrected chi connectivity index (χ4v) is 2.95. The van der Waals surface area contributed by atoms with E-state index in [1.54, 1.807) is 0 Å². The van der Waals surface area contributed by atoms with Crippen molar-refractivity contribution in [2.45, 2.75) is 38.8 Å². The Morgan fingerprint density at radius 1 is 1.42 bits per heavy atom. The number of nitrogens with zero attached hydrogens (tertiary/aromatic N) is 1. The second kappa shape index (κ2) is 8.95. The first-order valence-corrected chi connectivity index (χ1v) is 8.81. The van der Waals surface area contributed by atoms with E-state index in [-0.39, 0.29) is 34.2 Å². The van der Waals surface area contributed by atoms with Gasteiger partial charge in [0.15, 0.2) is 0 Å². The average Bonchev–Trinajstić information content (AvgIpc) is 3.10. The molecule has 1 saturated heterocycles. The van der Waals surface area contributed by atoms with Gasteiger partial charge in [-0.05, 0) is 24.8 Å². The summed E-state index contributed by atoms with van der Waals surface area (Å²) in [6, 6.07) is 2.83. The molecule has 1 heterocycles. The molecule has 26 heavy (non-hydrogen) atoms. The summed E-state index contributed by atoms with van der Waals surface area (Å²) < 4.78 is 5.47. The third-order valence-corrected chi connectivity index (χ3v) is 4.48. The van der Waals surface area contributed by atoms with Crippen molar-refractivity contribution in [1.29, 1.82) is 0 Å². The summed E-state index contributed by atoms with van der Waals surface area (Å²) in [4.78, 5) is 35.0. The van der Waals surface area contributed by atoms with E-state index in [1.807, 2.05) is 13.8 Å². The quantitative estimate of drug-likeness (QED) is 0.554. The van der Waals surface area contributed by atoms with Crippen LogP contribution in [-0.2, 0) is 9.53 Å². The second-order valence-corrected chi connectivity index (χ2v) is 6.90. The minimum absolute atomic E-state index is 0.00609. The number of carbonyl (C=O) groups is 2. The predicted molar refractivity (Wildman–Crippen MR) is 96.2 cm³/mol. The number of nitrogens with one attached hydrogen (secondary N) is 2. The molecular weight excluding hydrogens is 362 g/mol. The topological polar surface area (TPSA) is 111 Å². The van der Waals surface area contributed by atoms with Gasteiger partial charge >= 0.3 is 0 Å². The highest BCUT2D eigenvalue weighted by atomic mass is 35.5. The van der Waals surface area contributed by atoms with E-state index in [9.17, 15) is 19.7 Å². The molecule has 0 aromatic heterocycles. The van der Waals surface area contributed by atoms with E-state index < -0.39 is 16.9 Å². The van der Waals surface area contributed by atoms with Crippen LogP contribution in [0.4, 0.5) is 5.69 Å².